The highest BCUT2D eigenvalue weighted by molar-refractivity contribution is 7.81. The standard InChI is InChI=1S/C19H21NO4S/c1-13-6-8-14(9-7-13)17(25)16-5-4-11-20(16)12-10-15(18(21)23-2)19(22)24-3/h4-9,11,15H,10,12H2,1-3H3. The van der Waals surface area contributed by atoms with Crippen molar-refractivity contribution in [1.82, 2.24) is 4.57 Å². The van der Waals surface area contributed by atoms with E-state index in [-0.39, 0.29) is 6.42 Å². The third kappa shape index (κ3) is 4.54. The van der Waals surface area contributed by atoms with Gasteiger partial charge in [-0.1, -0.05) is 42.0 Å². The number of nitrogens with zero attached hydrogens (tertiary/aromatic N) is 1. The summed E-state index contributed by atoms with van der Waals surface area (Å²) in [6, 6.07) is 11.8. The number of ether oxygens (including phenoxy) is 2. The topological polar surface area (TPSA) is 57.5 Å². The molecule has 25 heavy (non-hydrogen) atoms. The number of rotatable bonds is 7. The number of aryl methyl sites for hydroxylation is 2. The number of esters is 2. The van der Waals surface area contributed by atoms with Gasteiger partial charge in [0.05, 0.1) is 24.8 Å². The van der Waals surface area contributed by atoms with Crippen molar-refractivity contribution in [3.8, 4) is 0 Å². The van der Waals surface area contributed by atoms with Gasteiger partial charge in [0.15, 0.2) is 5.92 Å². The minimum Gasteiger partial charge on any atom is -0.468 e. The molecule has 0 spiro atoms. The number of benzene rings is 1. The van der Waals surface area contributed by atoms with Gasteiger partial charge in [-0.3, -0.25) is 9.59 Å². The second-order valence-corrected chi connectivity index (χ2v) is 6.08. The van der Waals surface area contributed by atoms with Crippen LogP contribution in [0.1, 0.15) is 23.2 Å². The monoisotopic (exact) mass is 359 g/mol. The molecule has 0 aliphatic rings. The van der Waals surface area contributed by atoms with Crippen LogP contribution >= 0.6 is 12.2 Å². The molecule has 0 radical (unpaired) electrons. The van der Waals surface area contributed by atoms with Gasteiger partial charge in [-0.15, -0.1) is 0 Å². The van der Waals surface area contributed by atoms with E-state index in [0.717, 1.165) is 16.1 Å². The second kappa shape index (κ2) is 8.58. The van der Waals surface area contributed by atoms with E-state index in [1.165, 1.54) is 19.8 Å². The lowest BCUT2D eigenvalue weighted by Gasteiger charge is -2.15. The third-order valence-electron chi connectivity index (χ3n) is 4.01. The van der Waals surface area contributed by atoms with Crippen LogP contribution in [0.4, 0.5) is 0 Å². The fourth-order valence-corrected chi connectivity index (χ4v) is 2.87. The predicted molar refractivity (Wildman–Crippen MR) is 98.6 cm³/mol. The molecule has 2 rings (SSSR count). The normalized spacial score (nSPS) is 10.6. The Balaban J connectivity index is 2.15. The third-order valence-corrected chi connectivity index (χ3v) is 4.45. The van der Waals surface area contributed by atoms with Gasteiger partial charge in [0.25, 0.3) is 0 Å². The molecule has 1 heterocycles. The number of carbonyl (C=O) groups is 2. The summed E-state index contributed by atoms with van der Waals surface area (Å²) in [6.45, 7) is 2.47. The number of aromatic nitrogens is 1. The zero-order chi connectivity index (χ0) is 18.4. The Morgan fingerprint density at radius 2 is 1.68 bits per heavy atom. The lowest BCUT2D eigenvalue weighted by atomic mass is 10.1. The summed E-state index contributed by atoms with van der Waals surface area (Å²) in [5, 5.41) is 0. The summed E-state index contributed by atoms with van der Waals surface area (Å²) < 4.78 is 11.3. The van der Waals surface area contributed by atoms with Gasteiger partial charge in [-0.25, -0.2) is 0 Å². The minimum absolute atomic E-state index is 0.275. The van der Waals surface area contributed by atoms with Crippen LogP contribution in [0.2, 0.25) is 0 Å². The molecule has 0 saturated carbocycles. The van der Waals surface area contributed by atoms with Gasteiger partial charge in [-0.2, -0.15) is 0 Å². The Morgan fingerprint density at radius 1 is 1.08 bits per heavy atom. The maximum Gasteiger partial charge on any atom is 0.320 e. The molecule has 0 N–H and O–H groups in total. The van der Waals surface area contributed by atoms with Crippen molar-refractivity contribution < 1.29 is 19.1 Å². The molecule has 0 bridgehead atoms. The number of hydrogen-bond donors (Lipinski definition) is 0. The van der Waals surface area contributed by atoms with E-state index in [1.54, 1.807) is 0 Å². The largest absolute Gasteiger partial charge is 0.468 e. The first-order valence-electron chi connectivity index (χ1n) is 7.90. The molecule has 0 amide bonds. The highest BCUT2D eigenvalue weighted by Crippen LogP contribution is 2.16. The predicted octanol–water partition coefficient (Wildman–Crippen LogP) is 2.92. The van der Waals surface area contributed by atoms with Crippen molar-refractivity contribution in [2.45, 2.75) is 19.9 Å². The zero-order valence-corrected chi connectivity index (χ0v) is 15.3. The summed E-state index contributed by atoms with van der Waals surface area (Å²) >= 11 is 5.60. The van der Waals surface area contributed by atoms with Crippen LogP contribution in [-0.2, 0) is 25.6 Å². The van der Waals surface area contributed by atoms with E-state index in [2.05, 4.69) is 9.47 Å². The van der Waals surface area contributed by atoms with E-state index in [0.29, 0.717) is 6.54 Å². The van der Waals surface area contributed by atoms with Crippen molar-refractivity contribution in [2.24, 2.45) is 5.92 Å². The molecule has 1 aromatic heterocycles. The van der Waals surface area contributed by atoms with Crippen LogP contribution in [0, 0.1) is 12.8 Å². The maximum atomic E-state index is 11.8. The quantitative estimate of drug-likeness (QED) is 0.329. The average Bonchev–Trinajstić information content (AvgIpc) is 3.09. The van der Waals surface area contributed by atoms with Gasteiger partial charge < -0.3 is 14.0 Å². The molecule has 132 valence electrons. The first-order valence-corrected chi connectivity index (χ1v) is 8.31. The Bertz CT molecular complexity index is 748. The van der Waals surface area contributed by atoms with Gasteiger partial charge in [0.2, 0.25) is 0 Å². The number of thiocarbonyl (C=S) groups is 1. The molecule has 0 atom stereocenters. The molecule has 0 aliphatic carbocycles. The first kappa shape index (κ1) is 18.9. The smallest absolute Gasteiger partial charge is 0.320 e. The molecule has 0 unspecified atom stereocenters. The Kier molecular flexibility index (Phi) is 6.47. The van der Waals surface area contributed by atoms with Crippen molar-refractivity contribution in [1.29, 1.82) is 0 Å². The maximum absolute atomic E-state index is 11.8. The summed E-state index contributed by atoms with van der Waals surface area (Å²) in [5.74, 6) is -2.14. The summed E-state index contributed by atoms with van der Waals surface area (Å²) in [6.07, 6.45) is 2.15. The summed E-state index contributed by atoms with van der Waals surface area (Å²) in [7, 11) is 2.51. The fourth-order valence-electron chi connectivity index (χ4n) is 2.55. The van der Waals surface area contributed by atoms with Crippen LogP contribution in [0.25, 0.3) is 0 Å². The number of methoxy groups -OCH3 is 2. The SMILES string of the molecule is COC(=O)C(CCn1cccc1C(=S)c1ccc(C)cc1)C(=O)OC. The van der Waals surface area contributed by atoms with Gasteiger partial charge >= 0.3 is 11.9 Å². The Morgan fingerprint density at radius 3 is 2.24 bits per heavy atom. The Hall–Kier alpha value is -2.47. The number of hydrogen-bond acceptors (Lipinski definition) is 5. The van der Waals surface area contributed by atoms with Crippen molar-refractivity contribution >= 4 is 29.0 Å². The van der Waals surface area contributed by atoms with E-state index in [4.69, 9.17) is 12.2 Å². The molecular weight excluding hydrogens is 338 g/mol. The van der Waals surface area contributed by atoms with Crippen molar-refractivity contribution in [2.75, 3.05) is 14.2 Å². The molecule has 5 nitrogen and oxygen atoms in total. The highest BCUT2D eigenvalue weighted by atomic mass is 32.1. The van der Waals surface area contributed by atoms with Crippen molar-refractivity contribution in [3.05, 3.63) is 59.4 Å². The van der Waals surface area contributed by atoms with E-state index >= 15 is 0 Å². The lowest BCUT2D eigenvalue weighted by Crippen LogP contribution is -2.28. The molecule has 0 aliphatic heterocycles. The molecule has 0 fully saturated rings. The van der Waals surface area contributed by atoms with Crippen LogP contribution in [0.3, 0.4) is 0 Å². The van der Waals surface area contributed by atoms with E-state index in [9.17, 15) is 9.59 Å². The van der Waals surface area contributed by atoms with Crippen LogP contribution < -0.4 is 0 Å². The molecular formula is C19H21NO4S. The second-order valence-electron chi connectivity index (χ2n) is 5.67. The summed E-state index contributed by atoms with van der Waals surface area (Å²) in [5.41, 5.74) is 2.99. The molecule has 6 heteroatoms. The fraction of sp³-hybridized carbons (Fsp3) is 0.316. The Labute approximate surface area is 152 Å². The van der Waals surface area contributed by atoms with Gasteiger partial charge in [-0.05, 0) is 31.0 Å². The van der Waals surface area contributed by atoms with Crippen LogP contribution in [-0.4, -0.2) is 35.6 Å². The van der Waals surface area contributed by atoms with Gasteiger partial charge in [0, 0.05) is 12.7 Å². The molecule has 0 saturated heterocycles. The van der Waals surface area contributed by atoms with Crippen LogP contribution in [0.15, 0.2) is 42.6 Å². The van der Waals surface area contributed by atoms with Gasteiger partial charge in [0.1, 0.15) is 0 Å². The highest BCUT2D eigenvalue weighted by Gasteiger charge is 2.28. The van der Waals surface area contributed by atoms with E-state index in [1.807, 2.05) is 54.1 Å². The van der Waals surface area contributed by atoms with Crippen LogP contribution in [0.5, 0.6) is 0 Å². The molecule has 2 aromatic rings. The minimum atomic E-state index is -0.946. The van der Waals surface area contributed by atoms with E-state index < -0.39 is 17.9 Å². The van der Waals surface area contributed by atoms with Crippen molar-refractivity contribution in [3.63, 3.8) is 0 Å². The molecule has 1 aromatic carbocycles. The first-order chi connectivity index (χ1) is 12.0. The number of carbonyl (C=O) groups excluding carboxylic acids is 2. The average molecular weight is 359 g/mol. The summed E-state index contributed by atoms with van der Waals surface area (Å²) in [4.78, 5) is 24.3. The lowest BCUT2D eigenvalue weighted by molar-refractivity contribution is -0.159. The zero-order valence-electron chi connectivity index (χ0n) is 14.5.